The summed E-state index contributed by atoms with van der Waals surface area (Å²) in [6, 6.07) is 0. The van der Waals surface area contributed by atoms with Crippen molar-refractivity contribution in [1.82, 2.24) is 0 Å². The largest absolute Gasteiger partial charge is 0.424 e. The zero-order valence-electron chi connectivity index (χ0n) is 4.70. The van der Waals surface area contributed by atoms with E-state index in [4.69, 9.17) is 5.11 Å². The highest BCUT2D eigenvalue weighted by atomic mass is 16.5. The van der Waals surface area contributed by atoms with Gasteiger partial charge in [-0.05, 0) is 12.2 Å². The van der Waals surface area contributed by atoms with Crippen molar-refractivity contribution in [1.29, 1.82) is 0 Å². The second kappa shape index (κ2) is 2.46. The first-order valence-electron chi connectivity index (χ1n) is 2.54. The van der Waals surface area contributed by atoms with Crippen molar-refractivity contribution in [2.24, 2.45) is 0 Å². The lowest BCUT2D eigenvalue weighted by molar-refractivity contribution is -0.132. The number of hydrogen-bond acceptors (Lipinski definition) is 3. The van der Waals surface area contributed by atoms with Gasteiger partial charge in [0.25, 0.3) is 0 Å². The SMILES string of the molecule is O=C1C=C/C(=C\CO)O1. The number of carbonyl (C=O) groups excluding carboxylic acids is 1. The standard InChI is InChI=1S/C6H6O3/c7-4-3-5-1-2-6(8)9-5/h1-3,7H,4H2/b5-3+. The summed E-state index contributed by atoms with van der Waals surface area (Å²) in [4.78, 5) is 10.3. The maximum atomic E-state index is 10.3. The van der Waals surface area contributed by atoms with Gasteiger partial charge in [0, 0.05) is 6.08 Å². The van der Waals surface area contributed by atoms with Crippen molar-refractivity contribution >= 4 is 5.97 Å². The van der Waals surface area contributed by atoms with Gasteiger partial charge < -0.3 is 9.84 Å². The zero-order chi connectivity index (χ0) is 6.69. The fraction of sp³-hybridized carbons (Fsp3) is 0.167. The Hall–Kier alpha value is -1.09. The van der Waals surface area contributed by atoms with Gasteiger partial charge in [-0.3, -0.25) is 0 Å². The Morgan fingerprint density at radius 3 is 2.89 bits per heavy atom. The van der Waals surface area contributed by atoms with Crippen molar-refractivity contribution in [3.63, 3.8) is 0 Å². The molecule has 0 fully saturated rings. The van der Waals surface area contributed by atoms with Crippen LogP contribution in [0.2, 0.25) is 0 Å². The lowest BCUT2D eigenvalue weighted by Gasteiger charge is -1.90. The predicted octanol–water partition coefficient (Wildman–Crippen LogP) is -0.0244. The van der Waals surface area contributed by atoms with Crippen molar-refractivity contribution in [3.05, 3.63) is 24.0 Å². The number of hydrogen-bond donors (Lipinski definition) is 1. The van der Waals surface area contributed by atoms with Crippen LogP contribution in [0.1, 0.15) is 0 Å². The number of allylic oxidation sites excluding steroid dienone is 1. The van der Waals surface area contributed by atoms with Gasteiger partial charge in [0.1, 0.15) is 5.76 Å². The molecule has 0 radical (unpaired) electrons. The summed E-state index contributed by atoms with van der Waals surface area (Å²) in [6.45, 7) is -0.104. The second-order valence-electron chi connectivity index (χ2n) is 1.54. The van der Waals surface area contributed by atoms with Crippen molar-refractivity contribution < 1.29 is 14.6 Å². The molecule has 0 amide bonds. The number of rotatable bonds is 1. The second-order valence-corrected chi connectivity index (χ2v) is 1.54. The first kappa shape index (κ1) is 6.04. The van der Waals surface area contributed by atoms with Crippen LogP contribution in [0, 0.1) is 0 Å². The topological polar surface area (TPSA) is 46.5 Å². The quantitative estimate of drug-likeness (QED) is 0.502. The Labute approximate surface area is 52.2 Å². The van der Waals surface area contributed by atoms with Gasteiger partial charge in [0.05, 0.1) is 6.61 Å². The molecule has 1 rings (SSSR count). The van der Waals surface area contributed by atoms with Crippen molar-refractivity contribution in [2.45, 2.75) is 0 Å². The molecular formula is C6H6O3. The minimum absolute atomic E-state index is 0.104. The van der Waals surface area contributed by atoms with E-state index in [1.165, 1.54) is 18.2 Å². The molecule has 1 aliphatic rings. The summed E-state index contributed by atoms with van der Waals surface area (Å²) in [7, 11) is 0. The molecule has 3 heteroatoms. The molecule has 0 saturated carbocycles. The number of aliphatic hydroxyl groups excluding tert-OH is 1. The minimum atomic E-state index is -0.380. The number of cyclic esters (lactones) is 1. The smallest absolute Gasteiger partial charge is 0.336 e. The van der Waals surface area contributed by atoms with Crippen LogP contribution in [0.5, 0.6) is 0 Å². The molecule has 1 N–H and O–H groups in total. The molecule has 0 aromatic heterocycles. The first-order chi connectivity index (χ1) is 4.33. The van der Waals surface area contributed by atoms with E-state index in [9.17, 15) is 4.79 Å². The van der Waals surface area contributed by atoms with Crippen LogP contribution in [-0.4, -0.2) is 17.7 Å². The fourth-order valence-electron chi connectivity index (χ4n) is 0.534. The maximum absolute atomic E-state index is 10.3. The van der Waals surface area contributed by atoms with E-state index in [1.807, 2.05) is 0 Å². The summed E-state index contributed by atoms with van der Waals surface area (Å²) >= 11 is 0. The third-order valence-corrected chi connectivity index (χ3v) is 0.895. The summed E-state index contributed by atoms with van der Waals surface area (Å²) in [6.07, 6.45) is 4.24. The summed E-state index contributed by atoms with van der Waals surface area (Å²) in [5.74, 6) is 0.0391. The average molecular weight is 126 g/mol. The maximum Gasteiger partial charge on any atom is 0.336 e. The summed E-state index contributed by atoms with van der Waals surface area (Å²) in [5.41, 5.74) is 0. The number of esters is 1. The van der Waals surface area contributed by atoms with Crippen molar-refractivity contribution in [3.8, 4) is 0 Å². The molecule has 0 aliphatic carbocycles. The lowest BCUT2D eigenvalue weighted by atomic mass is 10.4. The molecule has 0 aromatic carbocycles. The van der Waals surface area contributed by atoms with Gasteiger partial charge >= 0.3 is 5.97 Å². The Kier molecular flexibility index (Phi) is 1.65. The van der Waals surface area contributed by atoms with Crippen LogP contribution in [0.3, 0.4) is 0 Å². The van der Waals surface area contributed by atoms with E-state index >= 15 is 0 Å². The van der Waals surface area contributed by atoms with Gasteiger partial charge in [-0.1, -0.05) is 0 Å². The van der Waals surface area contributed by atoms with E-state index in [1.54, 1.807) is 0 Å². The van der Waals surface area contributed by atoms with Gasteiger partial charge in [-0.15, -0.1) is 0 Å². The van der Waals surface area contributed by atoms with Gasteiger partial charge in [-0.2, -0.15) is 0 Å². The summed E-state index contributed by atoms with van der Waals surface area (Å²) < 4.78 is 4.55. The molecule has 3 nitrogen and oxygen atoms in total. The molecule has 0 spiro atoms. The van der Waals surface area contributed by atoms with E-state index in [0.717, 1.165) is 0 Å². The molecule has 0 bridgehead atoms. The number of aliphatic hydroxyl groups is 1. The molecule has 0 unspecified atom stereocenters. The fourth-order valence-corrected chi connectivity index (χ4v) is 0.534. The predicted molar refractivity (Wildman–Crippen MR) is 30.4 cm³/mol. The molecule has 1 heterocycles. The van der Waals surface area contributed by atoms with Gasteiger partial charge in [-0.25, -0.2) is 4.79 Å². The minimum Gasteiger partial charge on any atom is -0.424 e. The lowest BCUT2D eigenvalue weighted by Crippen LogP contribution is -1.90. The Morgan fingerprint density at radius 2 is 2.44 bits per heavy atom. The van der Waals surface area contributed by atoms with Crippen LogP contribution in [0.15, 0.2) is 24.0 Å². The highest BCUT2D eigenvalue weighted by Crippen LogP contribution is 2.07. The highest BCUT2D eigenvalue weighted by Gasteiger charge is 2.07. The van der Waals surface area contributed by atoms with E-state index in [2.05, 4.69) is 4.74 Å². The van der Waals surface area contributed by atoms with Crippen LogP contribution in [0.25, 0.3) is 0 Å². The third-order valence-electron chi connectivity index (χ3n) is 0.895. The number of carbonyl (C=O) groups is 1. The number of ether oxygens (including phenoxy) is 1. The third kappa shape index (κ3) is 1.40. The van der Waals surface area contributed by atoms with Crippen molar-refractivity contribution in [2.75, 3.05) is 6.61 Å². The highest BCUT2D eigenvalue weighted by molar-refractivity contribution is 5.86. The Morgan fingerprint density at radius 1 is 1.67 bits per heavy atom. The van der Waals surface area contributed by atoms with E-state index in [0.29, 0.717) is 5.76 Å². The van der Waals surface area contributed by atoms with Crippen LogP contribution >= 0.6 is 0 Å². The molecular weight excluding hydrogens is 120 g/mol. The normalized spacial score (nSPS) is 21.0. The first-order valence-corrected chi connectivity index (χ1v) is 2.54. The molecule has 0 atom stereocenters. The van der Waals surface area contributed by atoms with Crippen LogP contribution in [-0.2, 0) is 9.53 Å². The zero-order valence-corrected chi connectivity index (χ0v) is 4.70. The Balaban J connectivity index is 2.60. The van der Waals surface area contributed by atoms with Gasteiger partial charge in [0.15, 0.2) is 0 Å². The molecule has 1 aliphatic heterocycles. The average Bonchev–Trinajstić information content (AvgIpc) is 2.17. The van der Waals surface area contributed by atoms with E-state index < -0.39 is 0 Å². The monoisotopic (exact) mass is 126 g/mol. The molecule has 9 heavy (non-hydrogen) atoms. The molecule has 0 saturated heterocycles. The molecule has 0 aromatic rings. The van der Waals surface area contributed by atoms with E-state index in [-0.39, 0.29) is 12.6 Å². The summed E-state index contributed by atoms with van der Waals surface area (Å²) in [5, 5.41) is 8.31. The van der Waals surface area contributed by atoms with Gasteiger partial charge in [0.2, 0.25) is 0 Å². The molecule has 48 valence electrons. The van der Waals surface area contributed by atoms with Crippen LogP contribution in [0.4, 0.5) is 0 Å². The Bertz CT molecular complexity index is 179. The van der Waals surface area contributed by atoms with Crippen LogP contribution < -0.4 is 0 Å².